The average molecular weight is 495 g/mol. The lowest BCUT2D eigenvalue weighted by molar-refractivity contribution is -0.156. The van der Waals surface area contributed by atoms with Gasteiger partial charge in [-0.2, -0.15) is 8.78 Å². The Morgan fingerprint density at radius 2 is 1.62 bits per heavy atom. The fraction of sp³-hybridized carbons (Fsp3) is 0.348. The maximum Gasteiger partial charge on any atom is 0.341 e. The number of amides is 2. The van der Waals surface area contributed by atoms with Crippen molar-refractivity contribution < 1.29 is 36.3 Å². The molecule has 182 valence electrons. The third-order valence-electron chi connectivity index (χ3n) is 5.81. The molecule has 1 N–H and O–H groups in total. The lowest BCUT2D eigenvalue weighted by Gasteiger charge is -2.40. The van der Waals surface area contributed by atoms with Gasteiger partial charge in [0.05, 0.1) is 10.3 Å². The molecule has 0 atom stereocenters. The van der Waals surface area contributed by atoms with Crippen LogP contribution >= 0.6 is 0 Å². The molecule has 2 aromatic carbocycles. The zero-order valence-electron chi connectivity index (χ0n) is 18.4. The molecular formula is C23H24F2N2O6S. The van der Waals surface area contributed by atoms with Gasteiger partial charge in [0.2, 0.25) is 15.7 Å². The van der Waals surface area contributed by atoms with Crippen molar-refractivity contribution in [1.82, 2.24) is 4.90 Å². The fourth-order valence-corrected chi connectivity index (χ4v) is 4.59. The Labute approximate surface area is 195 Å². The number of halogens is 2. The summed E-state index contributed by atoms with van der Waals surface area (Å²) in [6, 6.07) is 13.3. The summed E-state index contributed by atoms with van der Waals surface area (Å²) in [4.78, 5) is 38.2. The maximum absolute atomic E-state index is 13.1. The average Bonchev–Trinajstić information content (AvgIpc) is 2.83. The zero-order chi connectivity index (χ0) is 24.9. The number of ether oxygens (including phenoxy) is 1. The van der Waals surface area contributed by atoms with E-state index in [1.54, 1.807) is 29.2 Å². The van der Waals surface area contributed by atoms with Crippen LogP contribution in [0.1, 0.15) is 25.3 Å². The minimum atomic E-state index is -4.74. The van der Waals surface area contributed by atoms with E-state index in [-0.39, 0.29) is 11.6 Å². The molecule has 1 saturated heterocycles. The smallest absolute Gasteiger partial charge is 0.341 e. The highest BCUT2D eigenvalue weighted by Crippen LogP contribution is 2.37. The summed E-state index contributed by atoms with van der Waals surface area (Å²) in [5, 5.41) is 2.43. The van der Waals surface area contributed by atoms with Crippen LogP contribution < -0.4 is 5.32 Å². The van der Waals surface area contributed by atoms with Crippen molar-refractivity contribution in [2.24, 2.45) is 0 Å². The molecule has 2 amide bonds. The predicted molar refractivity (Wildman–Crippen MR) is 119 cm³/mol. The minimum Gasteiger partial charge on any atom is -0.455 e. The number of esters is 1. The molecule has 0 spiro atoms. The van der Waals surface area contributed by atoms with Crippen LogP contribution in [0.4, 0.5) is 14.5 Å². The first-order valence-electron chi connectivity index (χ1n) is 10.5. The number of nitrogens with one attached hydrogen (secondary N) is 1. The van der Waals surface area contributed by atoms with Crippen LogP contribution in [0.3, 0.4) is 0 Å². The molecule has 1 fully saturated rings. The second kappa shape index (κ2) is 10.3. The molecule has 2 aromatic rings. The quantitative estimate of drug-likeness (QED) is 0.593. The molecular weight excluding hydrogens is 470 g/mol. The van der Waals surface area contributed by atoms with E-state index in [9.17, 15) is 31.6 Å². The summed E-state index contributed by atoms with van der Waals surface area (Å²) in [6.45, 7) is 1.62. The van der Waals surface area contributed by atoms with Gasteiger partial charge in [0.25, 0.3) is 5.91 Å². The molecule has 1 aliphatic heterocycles. The van der Waals surface area contributed by atoms with Crippen LogP contribution in [0.15, 0.2) is 59.5 Å². The van der Waals surface area contributed by atoms with Crippen LogP contribution in [0.5, 0.6) is 0 Å². The van der Waals surface area contributed by atoms with Crippen molar-refractivity contribution in [2.75, 3.05) is 25.0 Å². The number of hydrogen-bond acceptors (Lipinski definition) is 6. The van der Waals surface area contributed by atoms with Crippen molar-refractivity contribution in [2.45, 2.75) is 35.8 Å². The van der Waals surface area contributed by atoms with Gasteiger partial charge in [-0.25, -0.2) is 8.42 Å². The van der Waals surface area contributed by atoms with E-state index in [4.69, 9.17) is 4.74 Å². The van der Waals surface area contributed by atoms with E-state index in [0.29, 0.717) is 25.9 Å². The van der Waals surface area contributed by atoms with Crippen molar-refractivity contribution in [1.29, 1.82) is 0 Å². The van der Waals surface area contributed by atoms with Gasteiger partial charge in [-0.05, 0) is 42.7 Å². The molecule has 0 aromatic heterocycles. The Balaban J connectivity index is 1.66. The first-order valence-corrected chi connectivity index (χ1v) is 12.0. The highest BCUT2D eigenvalue weighted by atomic mass is 32.2. The second-order valence-corrected chi connectivity index (χ2v) is 9.83. The number of likely N-dealkylation sites (tertiary alicyclic amines) is 1. The lowest BCUT2D eigenvalue weighted by atomic mass is 9.72. The Hall–Kier alpha value is -3.34. The third-order valence-corrected chi connectivity index (χ3v) is 7.21. The fourth-order valence-electron chi connectivity index (χ4n) is 3.87. The summed E-state index contributed by atoms with van der Waals surface area (Å²) in [5.41, 5.74) is -0.111. The van der Waals surface area contributed by atoms with Crippen LogP contribution in [0.25, 0.3) is 0 Å². The van der Waals surface area contributed by atoms with Gasteiger partial charge in [0.15, 0.2) is 6.61 Å². The van der Waals surface area contributed by atoms with Crippen LogP contribution in [-0.2, 0) is 34.4 Å². The Kier molecular flexibility index (Phi) is 7.65. The molecule has 8 nitrogen and oxygen atoms in total. The van der Waals surface area contributed by atoms with E-state index in [1.165, 1.54) is 6.92 Å². The molecule has 0 bridgehead atoms. The molecule has 0 aliphatic carbocycles. The maximum atomic E-state index is 13.1. The number of carbonyl (C=O) groups excluding carboxylic acids is 3. The molecule has 34 heavy (non-hydrogen) atoms. The van der Waals surface area contributed by atoms with E-state index in [0.717, 1.165) is 29.8 Å². The number of piperidine rings is 1. The highest BCUT2D eigenvalue weighted by Gasteiger charge is 2.45. The molecule has 0 radical (unpaired) electrons. The third kappa shape index (κ3) is 5.41. The van der Waals surface area contributed by atoms with Gasteiger partial charge in [-0.3, -0.25) is 14.4 Å². The molecule has 0 saturated carbocycles. The van der Waals surface area contributed by atoms with E-state index < -0.39 is 44.4 Å². The van der Waals surface area contributed by atoms with Crippen molar-refractivity contribution >= 4 is 33.3 Å². The summed E-state index contributed by atoms with van der Waals surface area (Å²) < 4.78 is 53.5. The standard InChI is InChI=1S/C23H24F2N2O6S/c1-16(28)27-13-11-23(12-14-27,17-5-3-2-4-6-17)21(30)33-15-20(29)26-18-7-9-19(10-8-18)34(31,32)22(24)25/h2-10,22H,11-15H2,1H3,(H,26,29). The monoisotopic (exact) mass is 494 g/mol. The number of alkyl halides is 2. The van der Waals surface area contributed by atoms with Crippen LogP contribution in [0, 0.1) is 0 Å². The first-order chi connectivity index (χ1) is 16.1. The lowest BCUT2D eigenvalue weighted by Crippen LogP contribution is -2.49. The number of sulfone groups is 1. The Bertz CT molecular complexity index is 1150. The number of benzene rings is 2. The first kappa shape index (κ1) is 25.3. The Morgan fingerprint density at radius 3 is 2.15 bits per heavy atom. The van der Waals surface area contributed by atoms with Gasteiger partial charge in [-0.15, -0.1) is 0 Å². The topological polar surface area (TPSA) is 110 Å². The summed E-state index contributed by atoms with van der Waals surface area (Å²) in [6.07, 6.45) is 0.689. The largest absolute Gasteiger partial charge is 0.455 e. The summed E-state index contributed by atoms with van der Waals surface area (Å²) >= 11 is 0. The number of anilines is 1. The van der Waals surface area contributed by atoms with Crippen LogP contribution in [-0.4, -0.2) is 56.6 Å². The number of hydrogen-bond donors (Lipinski definition) is 1. The number of rotatable bonds is 7. The minimum absolute atomic E-state index is 0.0817. The second-order valence-electron chi connectivity index (χ2n) is 7.91. The van der Waals surface area contributed by atoms with Crippen molar-refractivity contribution in [3.8, 4) is 0 Å². The van der Waals surface area contributed by atoms with E-state index >= 15 is 0 Å². The van der Waals surface area contributed by atoms with Gasteiger partial charge in [-0.1, -0.05) is 30.3 Å². The zero-order valence-corrected chi connectivity index (χ0v) is 19.2. The SMILES string of the molecule is CC(=O)N1CCC(C(=O)OCC(=O)Nc2ccc(S(=O)(=O)C(F)F)cc2)(c2ccccc2)CC1. The molecule has 1 heterocycles. The molecule has 11 heteroatoms. The number of nitrogens with zero attached hydrogens (tertiary/aromatic N) is 1. The summed E-state index contributed by atoms with van der Waals surface area (Å²) in [5.74, 6) is -4.90. The number of carbonyl (C=O) groups is 3. The van der Waals surface area contributed by atoms with Gasteiger partial charge in [0.1, 0.15) is 0 Å². The van der Waals surface area contributed by atoms with Crippen molar-refractivity contribution in [3.05, 3.63) is 60.2 Å². The van der Waals surface area contributed by atoms with E-state index in [2.05, 4.69) is 5.32 Å². The van der Waals surface area contributed by atoms with Crippen molar-refractivity contribution in [3.63, 3.8) is 0 Å². The molecule has 0 unspecified atom stereocenters. The van der Waals surface area contributed by atoms with E-state index in [1.807, 2.05) is 6.07 Å². The van der Waals surface area contributed by atoms with Crippen LogP contribution in [0.2, 0.25) is 0 Å². The molecule has 1 aliphatic rings. The predicted octanol–water partition coefficient (Wildman–Crippen LogP) is 2.74. The summed E-state index contributed by atoms with van der Waals surface area (Å²) in [7, 11) is -4.74. The normalized spacial score (nSPS) is 15.6. The molecule has 3 rings (SSSR count). The van der Waals surface area contributed by atoms with Gasteiger partial charge < -0.3 is 15.0 Å². The highest BCUT2D eigenvalue weighted by molar-refractivity contribution is 7.91. The Morgan fingerprint density at radius 1 is 1.03 bits per heavy atom. The van der Waals surface area contributed by atoms with Gasteiger partial charge in [0, 0.05) is 25.7 Å². The van der Waals surface area contributed by atoms with Gasteiger partial charge >= 0.3 is 11.7 Å².